The van der Waals surface area contributed by atoms with Gasteiger partial charge in [-0.3, -0.25) is 9.59 Å². The van der Waals surface area contributed by atoms with Crippen LogP contribution in [-0.2, 0) is 4.74 Å². The molecule has 2 heterocycles. The number of aromatic nitrogens is 2. The zero-order valence-electron chi connectivity index (χ0n) is 17.8. The first-order chi connectivity index (χ1) is 14.9. The highest BCUT2D eigenvalue weighted by Gasteiger charge is 2.35. The molecule has 1 unspecified atom stereocenters. The summed E-state index contributed by atoms with van der Waals surface area (Å²) in [5, 5.41) is 27.7. The smallest absolute Gasteiger partial charge is 0.419 e. The summed E-state index contributed by atoms with van der Waals surface area (Å²) in [5.41, 5.74) is -0.756. The molecule has 2 aromatic rings. The Bertz CT molecular complexity index is 1100. The lowest BCUT2D eigenvalue weighted by Crippen LogP contribution is -2.46. The first-order valence-corrected chi connectivity index (χ1v) is 10.1. The number of benzene rings is 1. The van der Waals surface area contributed by atoms with E-state index in [2.05, 4.69) is 4.98 Å². The fourth-order valence-corrected chi connectivity index (χ4v) is 3.39. The number of amides is 1. The Morgan fingerprint density at radius 2 is 1.91 bits per heavy atom. The number of hydrogen-bond acceptors (Lipinski definition) is 8. The number of likely N-dealkylation sites (tertiary alicyclic amines) is 1. The second-order valence-corrected chi connectivity index (χ2v) is 8.82. The average molecular weight is 463 g/mol. The van der Waals surface area contributed by atoms with Crippen molar-refractivity contribution in [3.8, 4) is 11.5 Å². The van der Waals surface area contributed by atoms with Gasteiger partial charge in [-0.25, -0.2) is 14.3 Å². The second kappa shape index (κ2) is 8.62. The Balaban J connectivity index is 1.77. The van der Waals surface area contributed by atoms with Crippen molar-refractivity contribution in [3.05, 3.63) is 40.9 Å². The summed E-state index contributed by atoms with van der Waals surface area (Å²) < 4.78 is 6.30. The van der Waals surface area contributed by atoms with E-state index < -0.39 is 35.1 Å². The summed E-state index contributed by atoms with van der Waals surface area (Å²) in [6, 6.07) is 2.08. The fraction of sp³-hybridized carbons (Fsp3) is 0.381. The molecule has 10 nitrogen and oxygen atoms in total. The molecule has 3 rings (SSSR count). The number of halogens is 1. The summed E-state index contributed by atoms with van der Waals surface area (Å²) in [5.74, 6) is -2.94. The van der Waals surface area contributed by atoms with Crippen LogP contribution in [0.1, 0.15) is 48.0 Å². The summed E-state index contributed by atoms with van der Waals surface area (Å²) in [6.07, 6.45) is 1.89. The van der Waals surface area contributed by atoms with Crippen LogP contribution in [0.4, 0.5) is 4.79 Å². The van der Waals surface area contributed by atoms with Crippen LogP contribution < -0.4 is 0 Å². The largest absolute Gasteiger partial charge is 0.507 e. The first kappa shape index (κ1) is 23.3. The number of imidazole rings is 1. The summed E-state index contributed by atoms with van der Waals surface area (Å²) in [6.45, 7) is 5.24. The van der Waals surface area contributed by atoms with E-state index in [0.29, 0.717) is 0 Å². The van der Waals surface area contributed by atoms with Gasteiger partial charge in [-0.1, -0.05) is 11.6 Å². The van der Waals surface area contributed by atoms with Gasteiger partial charge in [0.05, 0.1) is 16.5 Å². The fourth-order valence-electron chi connectivity index (χ4n) is 3.22. The van der Waals surface area contributed by atoms with Crippen molar-refractivity contribution in [1.29, 1.82) is 5.41 Å². The zero-order chi connectivity index (χ0) is 23.8. The van der Waals surface area contributed by atoms with Crippen molar-refractivity contribution in [3.63, 3.8) is 0 Å². The third kappa shape index (κ3) is 4.91. The van der Waals surface area contributed by atoms with Gasteiger partial charge in [-0.2, -0.15) is 0 Å². The third-order valence-corrected chi connectivity index (χ3v) is 5.12. The van der Waals surface area contributed by atoms with Crippen LogP contribution in [0.5, 0.6) is 11.5 Å². The first-order valence-electron chi connectivity index (χ1n) is 9.77. The summed E-state index contributed by atoms with van der Waals surface area (Å²) >= 11 is 5.85. The number of phenolic OH excluding ortho intramolecular Hbond substituents is 2. The van der Waals surface area contributed by atoms with Crippen LogP contribution >= 0.6 is 11.6 Å². The molecule has 1 atom stereocenters. The molecule has 170 valence electrons. The lowest BCUT2D eigenvalue weighted by Gasteiger charge is -2.32. The van der Waals surface area contributed by atoms with E-state index >= 15 is 0 Å². The number of ether oxygens (including phenoxy) is 1. The molecule has 1 aromatic carbocycles. The lowest BCUT2D eigenvalue weighted by atomic mass is 9.87. The van der Waals surface area contributed by atoms with Crippen molar-refractivity contribution in [2.24, 2.45) is 5.92 Å². The van der Waals surface area contributed by atoms with Crippen molar-refractivity contribution in [2.45, 2.75) is 32.8 Å². The minimum atomic E-state index is -0.993. The van der Waals surface area contributed by atoms with E-state index in [1.807, 2.05) is 0 Å². The molecule has 0 saturated carbocycles. The number of piperidine rings is 1. The zero-order valence-corrected chi connectivity index (χ0v) is 18.5. The molecular weight excluding hydrogens is 440 g/mol. The van der Waals surface area contributed by atoms with Crippen molar-refractivity contribution in [2.75, 3.05) is 13.1 Å². The van der Waals surface area contributed by atoms with Gasteiger partial charge >= 0.3 is 6.09 Å². The van der Waals surface area contributed by atoms with Gasteiger partial charge in [-0.15, -0.1) is 0 Å². The normalized spacial score (nSPS) is 16.7. The van der Waals surface area contributed by atoms with Crippen LogP contribution in [0.25, 0.3) is 0 Å². The molecule has 0 aliphatic carbocycles. The number of phenols is 2. The number of aromatic hydroxyl groups is 2. The minimum absolute atomic E-state index is 0.00832. The highest BCUT2D eigenvalue weighted by Crippen LogP contribution is 2.33. The Morgan fingerprint density at radius 1 is 1.22 bits per heavy atom. The number of carbonyl (C=O) groups is 3. The number of nitrogens with zero attached hydrogens (tertiary/aromatic N) is 3. The molecule has 11 heteroatoms. The number of carbonyl (C=O) groups excluding carboxylic acids is 3. The molecule has 3 N–H and O–H groups in total. The monoisotopic (exact) mass is 462 g/mol. The van der Waals surface area contributed by atoms with E-state index in [-0.39, 0.29) is 47.3 Å². The molecule has 0 radical (unpaired) electrons. The van der Waals surface area contributed by atoms with Crippen LogP contribution in [0.3, 0.4) is 0 Å². The lowest BCUT2D eigenvalue weighted by molar-refractivity contribution is 0.0536. The quantitative estimate of drug-likeness (QED) is 0.594. The topological polar surface area (TPSA) is 146 Å². The van der Waals surface area contributed by atoms with Crippen LogP contribution in [0, 0.1) is 11.3 Å². The third-order valence-electron chi connectivity index (χ3n) is 4.81. The highest BCUT2D eigenvalue weighted by atomic mass is 35.5. The van der Waals surface area contributed by atoms with Crippen LogP contribution in [0.15, 0.2) is 24.7 Å². The highest BCUT2D eigenvalue weighted by molar-refractivity contribution is 6.32. The molecular formula is C21H23ClN4O6. The number of Topliss-reactive ketones (excluding diaryl/α,β-unsaturated/α-hetero) is 1. The maximum Gasteiger partial charge on any atom is 0.419 e. The Labute approximate surface area is 188 Å². The van der Waals surface area contributed by atoms with Gasteiger partial charge in [0.15, 0.2) is 5.78 Å². The number of nitrogens with one attached hydrogen (secondary N) is 1. The molecule has 1 saturated heterocycles. The van der Waals surface area contributed by atoms with Crippen molar-refractivity contribution < 1.29 is 29.3 Å². The number of hydrogen-bond donors (Lipinski definition) is 3. The predicted molar refractivity (Wildman–Crippen MR) is 115 cm³/mol. The Kier molecular flexibility index (Phi) is 6.27. The summed E-state index contributed by atoms with van der Waals surface area (Å²) in [7, 11) is 0. The molecule has 1 fully saturated rings. The van der Waals surface area contributed by atoms with Crippen molar-refractivity contribution >= 4 is 35.1 Å². The Morgan fingerprint density at radius 3 is 2.56 bits per heavy atom. The molecule has 0 spiro atoms. The van der Waals surface area contributed by atoms with E-state index in [1.54, 1.807) is 20.8 Å². The van der Waals surface area contributed by atoms with E-state index in [0.717, 1.165) is 16.7 Å². The molecule has 1 amide bonds. The number of rotatable bonds is 3. The van der Waals surface area contributed by atoms with Gasteiger partial charge < -0.3 is 25.3 Å². The standard InChI is InChI=1S/C21H23ClN4O6/c1-21(2,3)32-20(31)26-9-15(24-10-26)19(30)25-5-4-14(23)12(8-25)18(29)11-6-13(22)17(28)7-16(11)27/h6-7,9-10,12,23,27-28H,4-5,8H2,1-3H3. The average Bonchev–Trinajstić information content (AvgIpc) is 3.19. The van der Waals surface area contributed by atoms with Gasteiger partial charge in [0, 0.05) is 37.5 Å². The number of ketones is 1. The Hall–Kier alpha value is -3.40. The SMILES string of the molecule is CC(C)(C)OC(=O)n1cnc(C(=O)N2CCC(=N)C(C(=O)c3cc(Cl)c(O)cc3O)C2)c1. The maximum absolute atomic E-state index is 13.0. The summed E-state index contributed by atoms with van der Waals surface area (Å²) in [4.78, 5) is 43.4. The second-order valence-electron chi connectivity index (χ2n) is 8.41. The van der Waals surface area contributed by atoms with Gasteiger partial charge in [-0.05, 0) is 26.8 Å². The van der Waals surface area contributed by atoms with Crippen LogP contribution in [-0.4, -0.2) is 66.8 Å². The van der Waals surface area contributed by atoms with E-state index in [9.17, 15) is 24.6 Å². The van der Waals surface area contributed by atoms with E-state index in [1.165, 1.54) is 17.4 Å². The molecule has 1 aliphatic heterocycles. The van der Waals surface area contributed by atoms with Crippen LogP contribution in [0.2, 0.25) is 5.02 Å². The van der Waals surface area contributed by atoms with Gasteiger partial charge in [0.1, 0.15) is 29.1 Å². The van der Waals surface area contributed by atoms with E-state index in [4.69, 9.17) is 21.7 Å². The maximum atomic E-state index is 13.0. The van der Waals surface area contributed by atoms with Gasteiger partial charge in [0.2, 0.25) is 0 Å². The molecule has 0 bridgehead atoms. The molecule has 1 aliphatic rings. The molecule has 32 heavy (non-hydrogen) atoms. The van der Waals surface area contributed by atoms with Crippen molar-refractivity contribution in [1.82, 2.24) is 14.5 Å². The minimum Gasteiger partial charge on any atom is -0.507 e. The van der Waals surface area contributed by atoms with Gasteiger partial charge in [0.25, 0.3) is 5.91 Å². The molecule has 1 aromatic heterocycles. The predicted octanol–water partition coefficient (Wildman–Crippen LogP) is 3.10.